The molecule has 0 saturated heterocycles. The van der Waals surface area contributed by atoms with Gasteiger partial charge in [0.1, 0.15) is 0 Å². The first-order valence-electron chi connectivity index (χ1n) is 5.87. The van der Waals surface area contributed by atoms with Gasteiger partial charge in [-0.2, -0.15) is 0 Å². The fraction of sp³-hybridized carbons (Fsp3) is 0.500. The predicted molar refractivity (Wildman–Crippen MR) is 63.0 cm³/mol. The van der Waals surface area contributed by atoms with Crippen LogP contribution in [0.2, 0.25) is 0 Å². The van der Waals surface area contributed by atoms with Crippen LogP contribution in [-0.2, 0) is 4.84 Å². The van der Waals surface area contributed by atoms with E-state index >= 15 is 0 Å². The Morgan fingerprint density at radius 2 is 2.18 bits per heavy atom. The van der Waals surface area contributed by atoms with Crippen molar-refractivity contribution >= 4 is 5.91 Å². The molecule has 1 aromatic rings. The van der Waals surface area contributed by atoms with Gasteiger partial charge in [0.2, 0.25) is 0 Å². The second kappa shape index (κ2) is 5.75. The summed E-state index contributed by atoms with van der Waals surface area (Å²) in [4.78, 5) is 20.9. The van der Waals surface area contributed by atoms with E-state index in [4.69, 9.17) is 10.6 Å². The van der Waals surface area contributed by atoms with Gasteiger partial charge in [0.05, 0.1) is 11.7 Å². The Hall–Kier alpha value is -1.46. The summed E-state index contributed by atoms with van der Waals surface area (Å²) in [7, 11) is 0. The maximum Gasteiger partial charge on any atom is 0.276 e. The Morgan fingerprint density at radius 3 is 2.82 bits per heavy atom. The van der Waals surface area contributed by atoms with Gasteiger partial charge in [-0.1, -0.05) is 0 Å². The lowest BCUT2D eigenvalue weighted by molar-refractivity contribution is -0.0331. The molecular formula is C12H17N3O2. The summed E-state index contributed by atoms with van der Waals surface area (Å²) in [6, 6.07) is 3.70. The molecule has 1 saturated carbocycles. The number of amides is 1. The SMILES string of the molecule is NC1CCC(ONC(=O)c2cccnc2)CC1. The van der Waals surface area contributed by atoms with Crippen LogP contribution in [0, 0.1) is 0 Å². The van der Waals surface area contributed by atoms with Crippen LogP contribution in [-0.4, -0.2) is 23.0 Å². The Bertz CT molecular complexity index is 361. The number of aromatic nitrogens is 1. The second-order valence-corrected chi connectivity index (χ2v) is 4.33. The molecular weight excluding hydrogens is 218 g/mol. The number of carbonyl (C=O) groups excluding carboxylic acids is 1. The quantitative estimate of drug-likeness (QED) is 0.767. The molecule has 5 nitrogen and oxygen atoms in total. The average Bonchev–Trinajstić information content (AvgIpc) is 2.39. The minimum absolute atomic E-state index is 0.0791. The summed E-state index contributed by atoms with van der Waals surface area (Å²) in [5.74, 6) is -0.257. The smallest absolute Gasteiger partial charge is 0.276 e. The summed E-state index contributed by atoms with van der Waals surface area (Å²) >= 11 is 0. The molecule has 0 spiro atoms. The van der Waals surface area contributed by atoms with Crippen LogP contribution >= 0.6 is 0 Å². The Labute approximate surface area is 100 Å². The van der Waals surface area contributed by atoms with E-state index in [1.807, 2.05) is 0 Å². The number of hydrogen-bond donors (Lipinski definition) is 2. The van der Waals surface area contributed by atoms with Crippen molar-refractivity contribution in [3.8, 4) is 0 Å². The molecule has 1 aromatic heterocycles. The number of pyridine rings is 1. The van der Waals surface area contributed by atoms with Crippen LogP contribution < -0.4 is 11.2 Å². The van der Waals surface area contributed by atoms with Gasteiger partial charge in [0, 0.05) is 18.4 Å². The lowest BCUT2D eigenvalue weighted by atomic mass is 9.94. The molecule has 92 valence electrons. The van der Waals surface area contributed by atoms with Gasteiger partial charge in [-0.05, 0) is 37.8 Å². The molecule has 1 fully saturated rings. The molecule has 1 aliphatic rings. The standard InChI is InChI=1S/C12H17N3O2/c13-10-3-5-11(6-4-10)17-15-12(16)9-2-1-7-14-8-9/h1-2,7-8,10-11H,3-6,13H2,(H,15,16). The van der Waals surface area contributed by atoms with Crippen molar-refractivity contribution < 1.29 is 9.63 Å². The fourth-order valence-electron chi connectivity index (χ4n) is 1.90. The van der Waals surface area contributed by atoms with Gasteiger partial charge >= 0.3 is 0 Å². The average molecular weight is 235 g/mol. The van der Waals surface area contributed by atoms with Crippen LogP contribution in [0.5, 0.6) is 0 Å². The van der Waals surface area contributed by atoms with E-state index in [0.29, 0.717) is 5.56 Å². The zero-order valence-electron chi connectivity index (χ0n) is 9.63. The molecule has 0 aromatic carbocycles. The Balaban J connectivity index is 1.77. The third-order valence-corrected chi connectivity index (χ3v) is 2.96. The molecule has 3 N–H and O–H groups in total. The highest BCUT2D eigenvalue weighted by Crippen LogP contribution is 2.18. The van der Waals surface area contributed by atoms with Gasteiger partial charge < -0.3 is 5.73 Å². The van der Waals surface area contributed by atoms with E-state index < -0.39 is 0 Å². The molecule has 5 heteroatoms. The zero-order valence-corrected chi connectivity index (χ0v) is 9.63. The number of nitrogens with two attached hydrogens (primary N) is 1. The number of nitrogens with one attached hydrogen (secondary N) is 1. The molecule has 1 amide bonds. The molecule has 0 atom stereocenters. The zero-order chi connectivity index (χ0) is 12.1. The van der Waals surface area contributed by atoms with Crippen LogP contribution in [0.25, 0.3) is 0 Å². The summed E-state index contributed by atoms with van der Waals surface area (Å²) in [6.45, 7) is 0. The summed E-state index contributed by atoms with van der Waals surface area (Å²) in [5.41, 5.74) is 8.76. The predicted octanol–water partition coefficient (Wildman–Crippen LogP) is 1.01. The van der Waals surface area contributed by atoms with Crippen LogP contribution in [0.15, 0.2) is 24.5 Å². The first-order valence-corrected chi connectivity index (χ1v) is 5.87. The van der Waals surface area contributed by atoms with Crippen LogP contribution in [0.3, 0.4) is 0 Å². The summed E-state index contributed by atoms with van der Waals surface area (Å²) in [5, 5.41) is 0. The molecule has 1 heterocycles. The number of rotatable bonds is 3. The van der Waals surface area contributed by atoms with Gasteiger partial charge in [-0.15, -0.1) is 0 Å². The van der Waals surface area contributed by atoms with E-state index in [1.54, 1.807) is 18.3 Å². The maximum atomic E-state index is 11.7. The fourth-order valence-corrected chi connectivity index (χ4v) is 1.90. The minimum Gasteiger partial charge on any atom is -0.328 e. The number of hydroxylamine groups is 1. The highest BCUT2D eigenvalue weighted by atomic mass is 16.7. The normalized spacial score (nSPS) is 24.3. The van der Waals surface area contributed by atoms with Crippen molar-refractivity contribution in [2.45, 2.75) is 37.8 Å². The van der Waals surface area contributed by atoms with E-state index in [-0.39, 0.29) is 18.1 Å². The topological polar surface area (TPSA) is 77.2 Å². The molecule has 2 rings (SSSR count). The van der Waals surface area contributed by atoms with E-state index in [0.717, 1.165) is 25.7 Å². The van der Waals surface area contributed by atoms with E-state index in [9.17, 15) is 4.79 Å². The monoisotopic (exact) mass is 235 g/mol. The lowest BCUT2D eigenvalue weighted by Crippen LogP contribution is -2.35. The molecule has 1 aliphatic carbocycles. The van der Waals surface area contributed by atoms with E-state index in [1.165, 1.54) is 6.20 Å². The van der Waals surface area contributed by atoms with Crippen molar-refractivity contribution in [3.05, 3.63) is 30.1 Å². The maximum absolute atomic E-state index is 11.7. The molecule has 0 bridgehead atoms. The van der Waals surface area contributed by atoms with Crippen molar-refractivity contribution in [2.75, 3.05) is 0 Å². The minimum atomic E-state index is -0.257. The number of hydrogen-bond acceptors (Lipinski definition) is 4. The van der Waals surface area contributed by atoms with Crippen LogP contribution in [0.1, 0.15) is 36.0 Å². The first kappa shape index (κ1) is 12.0. The van der Waals surface area contributed by atoms with Crippen molar-refractivity contribution in [3.63, 3.8) is 0 Å². The third-order valence-electron chi connectivity index (χ3n) is 2.96. The lowest BCUT2D eigenvalue weighted by Gasteiger charge is -2.25. The highest BCUT2D eigenvalue weighted by Gasteiger charge is 2.20. The number of carbonyl (C=O) groups is 1. The Morgan fingerprint density at radius 1 is 1.41 bits per heavy atom. The second-order valence-electron chi connectivity index (χ2n) is 4.33. The summed E-state index contributed by atoms with van der Waals surface area (Å²) < 4.78 is 0. The van der Waals surface area contributed by atoms with Gasteiger partial charge in [0.25, 0.3) is 5.91 Å². The summed E-state index contributed by atoms with van der Waals surface area (Å²) in [6.07, 6.45) is 6.91. The molecule has 17 heavy (non-hydrogen) atoms. The van der Waals surface area contributed by atoms with Gasteiger partial charge in [0.15, 0.2) is 0 Å². The molecule has 0 unspecified atom stereocenters. The van der Waals surface area contributed by atoms with Crippen molar-refractivity contribution in [1.29, 1.82) is 0 Å². The van der Waals surface area contributed by atoms with Crippen molar-refractivity contribution in [2.24, 2.45) is 5.73 Å². The van der Waals surface area contributed by atoms with E-state index in [2.05, 4.69) is 10.5 Å². The third kappa shape index (κ3) is 3.51. The largest absolute Gasteiger partial charge is 0.328 e. The van der Waals surface area contributed by atoms with Gasteiger partial charge in [-0.25, -0.2) is 5.48 Å². The highest BCUT2D eigenvalue weighted by molar-refractivity contribution is 5.93. The molecule has 0 radical (unpaired) electrons. The van der Waals surface area contributed by atoms with Gasteiger partial charge in [-0.3, -0.25) is 14.6 Å². The number of nitrogens with zero attached hydrogens (tertiary/aromatic N) is 1. The van der Waals surface area contributed by atoms with Crippen molar-refractivity contribution in [1.82, 2.24) is 10.5 Å². The molecule has 0 aliphatic heterocycles. The van der Waals surface area contributed by atoms with Crippen LogP contribution in [0.4, 0.5) is 0 Å². The Kier molecular flexibility index (Phi) is 4.06. The first-order chi connectivity index (χ1) is 8.25.